The van der Waals surface area contributed by atoms with Gasteiger partial charge in [-0.2, -0.15) is 0 Å². The smallest absolute Gasteiger partial charge is 0.128 e. The third-order valence-electron chi connectivity index (χ3n) is 2.64. The van der Waals surface area contributed by atoms with Crippen molar-refractivity contribution in [3.8, 4) is 11.8 Å². The van der Waals surface area contributed by atoms with Gasteiger partial charge in [-0.3, -0.25) is 0 Å². The first-order chi connectivity index (χ1) is 10.1. The predicted octanol–water partition coefficient (Wildman–Crippen LogP) is 4.77. The van der Waals surface area contributed by atoms with Gasteiger partial charge in [0.05, 0.1) is 5.02 Å². The van der Waals surface area contributed by atoms with Crippen molar-refractivity contribution in [2.24, 2.45) is 0 Å². The maximum atomic E-state index is 14.0. The molecule has 1 N–H and O–H groups in total. The Morgan fingerprint density at radius 3 is 2.67 bits per heavy atom. The number of aliphatic hydroxyl groups is 1. The van der Waals surface area contributed by atoms with E-state index in [2.05, 4.69) is 11.8 Å². The molecule has 0 aliphatic rings. The van der Waals surface area contributed by atoms with Crippen LogP contribution in [0.25, 0.3) is 0 Å². The van der Waals surface area contributed by atoms with E-state index in [1.165, 1.54) is 17.8 Å². The molecule has 0 fully saturated rings. The molecule has 2 aromatic rings. The Labute approximate surface area is 137 Å². The van der Waals surface area contributed by atoms with Crippen LogP contribution in [0.1, 0.15) is 11.1 Å². The van der Waals surface area contributed by atoms with Crippen LogP contribution in [0.3, 0.4) is 0 Å². The molecular weight excluding hydrogens is 330 g/mol. The normalized spacial score (nSPS) is 10.1. The first kappa shape index (κ1) is 16.2. The molecule has 2 rings (SSSR count). The van der Waals surface area contributed by atoms with Crippen LogP contribution in [-0.2, 0) is 5.75 Å². The lowest BCUT2D eigenvalue weighted by atomic mass is 10.1. The molecule has 0 saturated heterocycles. The largest absolute Gasteiger partial charge is 0.384 e. The second-order valence-corrected chi connectivity index (χ2v) is 5.99. The minimum absolute atomic E-state index is 0.244. The highest BCUT2D eigenvalue weighted by atomic mass is 35.5. The Balaban J connectivity index is 2.11. The van der Waals surface area contributed by atoms with Gasteiger partial charge in [-0.1, -0.05) is 41.1 Å². The second-order valence-electron chi connectivity index (χ2n) is 4.13. The average molecular weight is 341 g/mol. The number of hydrogen-bond acceptors (Lipinski definition) is 2. The van der Waals surface area contributed by atoms with Crippen molar-refractivity contribution >= 4 is 35.0 Å². The van der Waals surface area contributed by atoms with Crippen molar-refractivity contribution in [2.45, 2.75) is 10.6 Å². The van der Waals surface area contributed by atoms with E-state index in [4.69, 9.17) is 28.3 Å². The molecule has 2 aromatic carbocycles. The Morgan fingerprint density at radius 2 is 1.95 bits per heavy atom. The molecule has 0 unspecified atom stereocenters. The van der Waals surface area contributed by atoms with E-state index in [-0.39, 0.29) is 12.4 Å². The topological polar surface area (TPSA) is 20.2 Å². The summed E-state index contributed by atoms with van der Waals surface area (Å²) >= 11 is 13.4. The SMILES string of the molecule is OCC#Cc1ccc(CSc2cc(Cl)ccc2Cl)c(F)c1. The first-order valence-corrected chi connectivity index (χ1v) is 7.80. The lowest BCUT2D eigenvalue weighted by Crippen LogP contribution is -1.90. The lowest BCUT2D eigenvalue weighted by molar-refractivity contribution is 0.350. The highest BCUT2D eigenvalue weighted by Crippen LogP contribution is 2.32. The summed E-state index contributed by atoms with van der Waals surface area (Å²) in [6, 6.07) is 9.95. The molecule has 0 spiro atoms. The highest BCUT2D eigenvalue weighted by molar-refractivity contribution is 7.98. The molecule has 0 aromatic heterocycles. The molecule has 0 radical (unpaired) electrons. The molecule has 0 saturated carbocycles. The van der Waals surface area contributed by atoms with Crippen LogP contribution in [0.2, 0.25) is 10.0 Å². The van der Waals surface area contributed by atoms with Gasteiger partial charge in [0.2, 0.25) is 0 Å². The molecule has 0 atom stereocenters. The number of benzene rings is 2. The molecular formula is C16H11Cl2FOS. The number of thioether (sulfide) groups is 1. The number of halogens is 3. The third kappa shape index (κ3) is 4.66. The fraction of sp³-hybridized carbons (Fsp3) is 0.125. The van der Waals surface area contributed by atoms with E-state index in [0.717, 1.165) is 4.90 Å². The molecule has 0 aliphatic carbocycles. The highest BCUT2D eigenvalue weighted by Gasteiger charge is 2.07. The molecule has 1 nitrogen and oxygen atoms in total. The molecule has 108 valence electrons. The van der Waals surface area contributed by atoms with Gasteiger partial charge in [0.15, 0.2) is 0 Å². The van der Waals surface area contributed by atoms with Crippen LogP contribution in [-0.4, -0.2) is 11.7 Å². The minimum atomic E-state index is -0.328. The Hall–Kier alpha value is -1.18. The molecule has 5 heteroatoms. The van der Waals surface area contributed by atoms with E-state index in [1.807, 2.05) is 0 Å². The molecule has 0 amide bonds. The van der Waals surface area contributed by atoms with Gasteiger partial charge in [0, 0.05) is 21.2 Å². The summed E-state index contributed by atoms with van der Waals surface area (Å²) in [6.07, 6.45) is 0. The number of hydrogen-bond donors (Lipinski definition) is 1. The first-order valence-electron chi connectivity index (χ1n) is 6.06. The van der Waals surface area contributed by atoms with E-state index in [1.54, 1.807) is 30.3 Å². The van der Waals surface area contributed by atoms with Gasteiger partial charge >= 0.3 is 0 Å². The van der Waals surface area contributed by atoms with Crippen LogP contribution in [0.4, 0.5) is 4.39 Å². The zero-order valence-corrected chi connectivity index (χ0v) is 13.2. The summed E-state index contributed by atoms with van der Waals surface area (Å²) in [6.45, 7) is -0.244. The van der Waals surface area contributed by atoms with E-state index in [9.17, 15) is 4.39 Å². The average Bonchev–Trinajstić information content (AvgIpc) is 2.47. The van der Waals surface area contributed by atoms with Crippen LogP contribution >= 0.6 is 35.0 Å². The Morgan fingerprint density at radius 1 is 1.14 bits per heavy atom. The van der Waals surface area contributed by atoms with Gasteiger partial charge in [-0.15, -0.1) is 11.8 Å². The number of aliphatic hydroxyl groups excluding tert-OH is 1. The van der Waals surface area contributed by atoms with Gasteiger partial charge in [0.25, 0.3) is 0 Å². The quantitative estimate of drug-likeness (QED) is 0.641. The summed E-state index contributed by atoms with van der Waals surface area (Å²) in [5.74, 6) is 5.27. The fourth-order valence-electron chi connectivity index (χ4n) is 1.63. The van der Waals surface area contributed by atoms with Gasteiger partial charge in [-0.05, 0) is 35.9 Å². The Kier molecular flexibility index (Phi) is 5.96. The van der Waals surface area contributed by atoms with Crippen LogP contribution in [0.5, 0.6) is 0 Å². The van der Waals surface area contributed by atoms with E-state index < -0.39 is 0 Å². The van der Waals surface area contributed by atoms with Crippen molar-refractivity contribution in [3.05, 3.63) is 63.4 Å². The maximum Gasteiger partial charge on any atom is 0.128 e. The van der Waals surface area contributed by atoms with E-state index >= 15 is 0 Å². The van der Waals surface area contributed by atoms with Crippen LogP contribution in [0, 0.1) is 17.7 Å². The van der Waals surface area contributed by atoms with Crippen molar-refractivity contribution in [1.29, 1.82) is 0 Å². The summed E-state index contributed by atoms with van der Waals surface area (Å²) in [5.41, 5.74) is 1.10. The van der Waals surface area contributed by atoms with Crippen molar-refractivity contribution in [1.82, 2.24) is 0 Å². The van der Waals surface area contributed by atoms with Gasteiger partial charge in [-0.25, -0.2) is 4.39 Å². The van der Waals surface area contributed by atoms with Gasteiger partial charge < -0.3 is 5.11 Å². The summed E-state index contributed by atoms with van der Waals surface area (Å²) < 4.78 is 14.0. The lowest BCUT2D eigenvalue weighted by Gasteiger charge is -2.06. The Bertz CT molecular complexity index is 707. The predicted molar refractivity (Wildman–Crippen MR) is 86.4 cm³/mol. The summed E-state index contributed by atoms with van der Waals surface area (Å²) in [5, 5.41) is 9.80. The van der Waals surface area contributed by atoms with Gasteiger partial charge in [0.1, 0.15) is 12.4 Å². The molecule has 0 aliphatic heterocycles. The van der Waals surface area contributed by atoms with Crippen molar-refractivity contribution in [3.63, 3.8) is 0 Å². The third-order valence-corrected chi connectivity index (χ3v) is 4.42. The zero-order chi connectivity index (χ0) is 15.2. The molecule has 21 heavy (non-hydrogen) atoms. The zero-order valence-electron chi connectivity index (χ0n) is 10.9. The molecule has 0 heterocycles. The van der Waals surface area contributed by atoms with E-state index in [0.29, 0.717) is 26.9 Å². The van der Waals surface area contributed by atoms with Crippen molar-refractivity contribution < 1.29 is 9.50 Å². The molecule has 0 bridgehead atoms. The number of rotatable bonds is 3. The fourth-order valence-corrected chi connectivity index (χ4v) is 3.11. The van der Waals surface area contributed by atoms with Crippen molar-refractivity contribution in [2.75, 3.05) is 6.61 Å². The second kappa shape index (κ2) is 7.72. The summed E-state index contributed by atoms with van der Waals surface area (Å²) in [4.78, 5) is 0.813. The van der Waals surface area contributed by atoms with Crippen LogP contribution in [0.15, 0.2) is 41.3 Å². The monoisotopic (exact) mass is 340 g/mol. The standard InChI is InChI=1S/C16H11Cl2FOS/c17-13-5-6-14(18)16(9-13)21-10-12-4-3-11(2-1-7-20)8-15(12)19/h3-6,8-9,20H,7,10H2. The minimum Gasteiger partial charge on any atom is -0.384 e. The van der Waals surface area contributed by atoms with Crippen LogP contribution < -0.4 is 0 Å². The summed E-state index contributed by atoms with van der Waals surface area (Å²) in [7, 11) is 0. The maximum absolute atomic E-state index is 14.0.